The van der Waals surface area contributed by atoms with Gasteiger partial charge in [-0.25, -0.2) is 0 Å². The number of nitriles is 2. The van der Waals surface area contributed by atoms with E-state index >= 15 is 0 Å². The first kappa shape index (κ1) is 8.17. The second-order valence-corrected chi connectivity index (χ2v) is 1.57. The van der Waals surface area contributed by atoms with Crippen LogP contribution in [0.15, 0.2) is 17.2 Å². The van der Waals surface area contributed by atoms with Gasteiger partial charge in [0.15, 0.2) is 0 Å². The summed E-state index contributed by atoms with van der Waals surface area (Å²) in [5.74, 6) is 1.98. The van der Waals surface area contributed by atoms with Crippen molar-refractivity contribution < 1.29 is 0 Å². The highest BCUT2D eigenvalue weighted by molar-refractivity contribution is 5.57. The van der Waals surface area contributed by atoms with E-state index in [1.54, 1.807) is 19.1 Å². The molecule has 0 aromatic rings. The molecule has 0 bridgehead atoms. The number of nitrogens with zero attached hydrogens (tertiary/aromatic N) is 2. The summed E-state index contributed by atoms with van der Waals surface area (Å²) in [5, 5.41) is 23.1. The van der Waals surface area contributed by atoms with Crippen LogP contribution in [0.4, 0.5) is 0 Å². The average molecular weight is 131 g/mol. The van der Waals surface area contributed by atoms with E-state index in [0.29, 0.717) is 5.57 Å². The van der Waals surface area contributed by atoms with Crippen LogP contribution in [-0.2, 0) is 0 Å². The van der Waals surface area contributed by atoms with Gasteiger partial charge < -0.3 is 0 Å². The van der Waals surface area contributed by atoms with Gasteiger partial charge in [0.25, 0.3) is 0 Å². The van der Waals surface area contributed by atoms with Gasteiger partial charge in [0, 0.05) is 6.08 Å². The Morgan fingerprint density at radius 3 is 2.20 bits per heavy atom. The molecule has 0 saturated carbocycles. The summed E-state index contributed by atoms with van der Waals surface area (Å²) in [6.07, 6.45) is 1.28. The maximum atomic E-state index is 8.28. The third-order valence-electron chi connectivity index (χ3n) is 0.907. The van der Waals surface area contributed by atoms with Crippen LogP contribution < -0.4 is 0 Å². The van der Waals surface area contributed by atoms with Gasteiger partial charge in [-0.3, -0.25) is 5.41 Å². The Morgan fingerprint density at radius 2 is 1.90 bits per heavy atom. The Kier molecular flexibility index (Phi) is 3.34. The van der Waals surface area contributed by atoms with E-state index in [-0.39, 0.29) is 5.57 Å². The van der Waals surface area contributed by atoms with Gasteiger partial charge >= 0.3 is 0 Å². The van der Waals surface area contributed by atoms with E-state index < -0.39 is 0 Å². The maximum Gasteiger partial charge on any atom is 0.133 e. The van der Waals surface area contributed by atoms with Gasteiger partial charge in [0.2, 0.25) is 0 Å². The van der Waals surface area contributed by atoms with Crippen LogP contribution in [0.5, 0.6) is 0 Å². The summed E-state index contributed by atoms with van der Waals surface area (Å²) in [6, 6.07) is 3.40. The zero-order valence-electron chi connectivity index (χ0n) is 5.47. The molecule has 0 aliphatic rings. The molecule has 0 aliphatic heterocycles. The van der Waals surface area contributed by atoms with Gasteiger partial charge in [-0.2, -0.15) is 10.5 Å². The summed E-state index contributed by atoms with van der Waals surface area (Å²) in [4.78, 5) is 0. The highest BCUT2D eigenvalue weighted by Crippen LogP contribution is 2.00. The summed E-state index contributed by atoms with van der Waals surface area (Å²) in [6.45, 7) is 1.59. The number of allylic oxidation sites excluding steroid dienone is 3. The van der Waals surface area contributed by atoms with Gasteiger partial charge in [-0.1, -0.05) is 0 Å². The van der Waals surface area contributed by atoms with E-state index in [0.717, 1.165) is 0 Å². The van der Waals surface area contributed by atoms with Crippen molar-refractivity contribution in [3.63, 3.8) is 0 Å². The summed E-state index contributed by atoms with van der Waals surface area (Å²) >= 11 is 0. The van der Waals surface area contributed by atoms with Gasteiger partial charge in [0.05, 0.1) is 0 Å². The van der Waals surface area contributed by atoms with Crippen LogP contribution in [-0.4, -0.2) is 5.87 Å². The van der Waals surface area contributed by atoms with Crippen LogP contribution in [0.3, 0.4) is 0 Å². The highest BCUT2D eigenvalue weighted by Gasteiger charge is 1.94. The second kappa shape index (κ2) is 4.09. The van der Waals surface area contributed by atoms with E-state index in [1.165, 1.54) is 6.08 Å². The summed E-state index contributed by atoms with van der Waals surface area (Å²) in [5.41, 5.74) is 0.500. The highest BCUT2D eigenvalue weighted by atomic mass is 14.3. The molecule has 1 N–H and O–H groups in total. The predicted octanol–water partition coefficient (Wildman–Crippen LogP) is 1.15. The van der Waals surface area contributed by atoms with Crippen molar-refractivity contribution in [3.8, 4) is 12.1 Å². The van der Waals surface area contributed by atoms with Crippen molar-refractivity contribution in [1.82, 2.24) is 0 Å². The van der Waals surface area contributed by atoms with Crippen LogP contribution >= 0.6 is 0 Å². The van der Waals surface area contributed by atoms with Crippen molar-refractivity contribution in [1.29, 1.82) is 15.9 Å². The minimum absolute atomic E-state index is 0.0275. The Labute approximate surface area is 59.0 Å². The molecule has 0 fully saturated rings. The molecule has 0 atom stereocenters. The first-order chi connectivity index (χ1) is 4.76. The normalized spacial score (nSPS) is 6.30. The molecule has 0 aromatic carbocycles. The molecular weight excluding hydrogens is 126 g/mol. The molecule has 3 heteroatoms. The molecule has 10 heavy (non-hydrogen) atoms. The van der Waals surface area contributed by atoms with Crippen molar-refractivity contribution in [2.24, 2.45) is 0 Å². The number of hydrogen-bond donors (Lipinski definition) is 1. The zero-order chi connectivity index (χ0) is 7.98. The van der Waals surface area contributed by atoms with Crippen LogP contribution in [0.1, 0.15) is 6.92 Å². The largest absolute Gasteiger partial charge is 0.259 e. The molecule has 0 spiro atoms. The van der Waals surface area contributed by atoms with Crippen LogP contribution in [0.25, 0.3) is 0 Å². The van der Waals surface area contributed by atoms with E-state index in [9.17, 15) is 0 Å². The molecule has 3 nitrogen and oxygen atoms in total. The van der Waals surface area contributed by atoms with Crippen molar-refractivity contribution in [2.45, 2.75) is 6.92 Å². The zero-order valence-corrected chi connectivity index (χ0v) is 5.47. The van der Waals surface area contributed by atoms with Crippen molar-refractivity contribution in [3.05, 3.63) is 17.2 Å². The lowest BCUT2D eigenvalue weighted by Crippen LogP contribution is -1.77. The lowest BCUT2D eigenvalue weighted by molar-refractivity contribution is 1.40. The Balaban J connectivity index is 4.87. The SMILES string of the molecule is CC(C=C=N)=C(C#N)C#N. The van der Waals surface area contributed by atoms with Crippen LogP contribution in [0, 0.1) is 28.1 Å². The first-order valence-corrected chi connectivity index (χ1v) is 2.52. The van der Waals surface area contributed by atoms with Gasteiger partial charge in [0.1, 0.15) is 17.7 Å². The summed E-state index contributed by atoms with van der Waals surface area (Å²) in [7, 11) is 0. The quantitative estimate of drug-likeness (QED) is 0.329. The molecule has 0 aliphatic carbocycles. The topological polar surface area (TPSA) is 71.4 Å². The molecule has 0 aromatic heterocycles. The maximum absolute atomic E-state index is 8.28. The lowest BCUT2D eigenvalue weighted by Gasteiger charge is -1.84. The molecule has 0 amide bonds. The number of hydrogen-bond acceptors (Lipinski definition) is 3. The standard InChI is InChI=1S/C7H5N3/c1-6(2-3-8)7(4-9)5-10/h2,8H,1H3. The Hall–Kier alpha value is -1.83. The molecule has 48 valence electrons. The fraction of sp³-hybridized carbons (Fsp3) is 0.143. The third-order valence-corrected chi connectivity index (χ3v) is 0.907. The smallest absolute Gasteiger partial charge is 0.133 e. The molecule has 0 saturated heterocycles. The molecule has 0 unspecified atom stereocenters. The minimum Gasteiger partial charge on any atom is -0.259 e. The van der Waals surface area contributed by atoms with Crippen molar-refractivity contribution >= 4 is 5.87 Å². The Morgan fingerprint density at radius 1 is 1.40 bits per heavy atom. The van der Waals surface area contributed by atoms with Crippen molar-refractivity contribution in [2.75, 3.05) is 0 Å². The van der Waals surface area contributed by atoms with Gasteiger partial charge in [-0.05, 0) is 18.4 Å². The monoisotopic (exact) mass is 131 g/mol. The first-order valence-electron chi connectivity index (χ1n) is 2.52. The number of nitrogens with one attached hydrogen (secondary N) is 1. The molecule has 0 radical (unpaired) electrons. The van der Waals surface area contributed by atoms with E-state index in [2.05, 4.69) is 0 Å². The second-order valence-electron chi connectivity index (χ2n) is 1.57. The van der Waals surface area contributed by atoms with E-state index in [1.807, 2.05) is 5.87 Å². The predicted molar refractivity (Wildman–Crippen MR) is 36.2 cm³/mol. The molecular formula is C7H5N3. The van der Waals surface area contributed by atoms with Crippen LogP contribution in [0.2, 0.25) is 0 Å². The molecule has 0 rings (SSSR count). The lowest BCUT2D eigenvalue weighted by atomic mass is 10.2. The summed E-state index contributed by atoms with van der Waals surface area (Å²) < 4.78 is 0. The van der Waals surface area contributed by atoms with E-state index in [4.69, 9.17) is 15.9 Å². The minimum atomic E-state index is 0.0275. The fourth-order valence-electron chi connectivity index (χ4n) is 0.382. The third kappa shape index (κ3) is 1.96. The Bertz CT molecular complexity index is 263. The average Bonchev–Trinajstić information content (AvgIpc) is 1.91. The fourth-order valence-corrected chi connectivity index (χ4v) is 0.382. The molecule has 0 heterocycles. The van der Waals surface area contributed by atoms with Gasteiger partial charge in [-0.15, -0.1) is 0 Å². The number of rotatable bonds is 1.